The predicted octanol–water partition coefficient (Wildman–Crippen LogP) is 3.05. The number of hydrogen-bond acceptors (Lipinski definition) is 3. The van der Waals surface area contributed by atoms with Crippen molar-refractivity contribution >= 4 is 29.9 Å². The largest absolute Gasteiger partial charge is 0.382 e. The Morgan fingerprint density at radius 1 is 1.45 bits per heavy atom. The first kappa shape index (κ1) is 19.2. The number of amides is 1. The predicted molar refractivity (Wildman–Crippen MR) is 91.8 cm³/mol. The maximum Gasteiger partial charge on any atom is 0.223 e. The van der Waals surface area contributed by atoms with Crippen molar-refractivity contribution < 1.29 is 9.53 Å². The Balaban J connectivity index is 0.00000242. The first-order valence-electron chi connectivity index (χ1n) is 7.56. The van der Waals surface area contributed by atoms with Crippen LogP contribution < -0.4 is 5.32 Å². The molecule has 1 unspecified atom stereocenters. The highest BCUT2D eigenvalue weighted by molar-refractivity contribution is 6.31. The van der Waals surface area contributed by atoms with Crippen molar-refractivity contribution in [1.29, 1.82) is 0 Å². The summed E-state index contributed by atoms with van der Waals surface area (Å²) < 4.78 is 5.30. The molecule has 6 heteroatoms. The van der Waals surface area contributed by atoms with Crippen LogP contribution in [0.1, 0.15) is 31.4 Å². The molecule has 1 heterocycles. The number of nitrogens with one attached hydrogen (secondary N) is 1. The average molecular weight is 347 g/mol. The van der Waals surface area contributed by atoms with E-state index in [1.807, 2.05) is 36.1 Å². The summed E-state index contributed by atoms with van der Waals surface area (Å²) in [6, 6.07) is 7.78. The zero-order valence-corrected chi connectivity index (χ0v) is 14.5. The van der Waals surface area contributed by atoms with Gasteiger partial charge in [0.15, 0.2) is 0 Å². The van der Waals surface area contributed by atoms with Gasteiger partial charge in [0.05, 0.1) is 6.04 Å². The fourth-order valence-electron chi connectivity index (χ4n) is 2.64. The van der Waals surface area contributed by atoms with E-state index in [2.05, 4.69) is 5.32 Å². The molecular formula is C16H24Cl2N2O2. The summed E-state index contributed by atoms with van der Waals surface area (Å²) in [5, 5.41) is 4.07. The number of carbonyl (C=O) groups is 1. The second-order valence-electron chi connectivity index (χ2n) is 5.13. The van der Waals surface area contributed by atoms with Gasteiger partial charge in [-0.25, -0.2) is 0 Å². The molecule has 1 atom stereocenters. The first-order chi connectivity index (χ1) is 10.2. The number of carbonyl (C=O) groups excluding carboxylic acids is 1. The minimum atomic E-state index is 0. The number of rotatable bonds is 6. The molecule has 0 radical (unpaired) electrons. The van der Waals surface area contributed by atoms with Crippen molar-refractivity contribution in [2.24, 2.45) is 0 Å². The first-order valence-corrected chi connectivity index (χ1v) is 7.94. The highest BCUT2D eigenvalue weighted by Crippen LogP contribution is 2.28. The summed E-state index contributed by atoms with van der Waals surface area (Å²) >= 11 is 6.29. The molecule has 0 spiro atoms. The maximum absolute atomic E-state index is 12.5. The molecule has 1 saturated heterocycles. The average Bonchev–Trinajstić information content (AvgIpc) is 2.52. The molecule has 1 aliphatic heterocycles. The van der Waals surface area contributed by atoms with Gasteiger partial charge in [0.1, 0.15) is 0 Å². The van der Waals surface area contributed by atoms with Crippen LogP contribution in [0, 0.1) is 0 Å². The summed E-state index contributed by atoms with van der Waals surface area (Å²) in [6.07, 6.45) is 1.30. The van der Waals surface area contributed by atoms with Crippen LogP contribution in [0.4, 0.5) is 0 Å². The molecule has 1 fully saturated rings. The SMILES string of the molecule is CCOCCCC(=O)N1CCNCC1c1ccccc1Cl.Cl. The molecule has 1 N–H and O–H groups in total. The maximum atomic E-state index is 12.5. The lowest BCUT2D eigenvalue weighted by atomic mass is 10.0. The summed E-state index contributed by atoms with van der Waals surface area (Å²) in [7, 11) is 0. The van der Waals surface area contributed by atoms with Crippen molar-refractivity contribution in [2.75, 3.05) is 32.8 Å². The quantitative estimate of drug-likeness (QED) is 0.805. The third-order valence-corrected chi connectivity index (χ3v) is 4.06. The number of halogens is 2. The fraction of sp³-hybridized carbons (Fsp3) is 0.562. The summed E-state index contributed by atoms with van der Waals surface area (Å²) in [6.45, 7) is 5.61. The van der Waals surface area contributed by atoms with E-state index in [9.17, 15) is 4.79 Å². The third kappa shape index (κ3) is 5.13. The zero-order valence-electron chi connectivity index (χ0n) is 12.9. The standard InChI is InChI=1S/C16H23ClN2O2.ClH/c1-2-21-11-5-8-16(20)19-10-9-18-12-15(19)13-6-3-4-7-14(13)17;/h3-4,6-7,15,18H,2,5,8-12H2,1H3;1H. The molecule has 1 aromatic carbocycles. The summed E-state index contributed by atoms with van der Waals surface area (Å²) in [5.41, 5.74) is 1.02. The summed E-state index contributed by atoms with van der Waals surface area (Å²) in [5.74, 6) is 0.182. The second kappa shape index (κ2) is 10.1. The van der Waals surface area contributed by atoms with Crippen molar-refractivity contribution in [3.63, 3.8) is 0 Å². The van der Waals surface area contributed by atoms with Gasteiger partial charge in [-0.1, -0.05) is 29.8 Å². The number of nitrogens with zero attached hydrogens (tertiary/aromatic N) is 1. The van der Waals surface area contributed by atoms with E-state index in [1.165, 1.54) is 0 Å². The monoisotopic (exact) mass is 346 g/mol. The Morgan fingerprint density at radius 2 is 2.23 bits per heavy atom. The molecule has 2 rings (SSSR count). The van der Waals surface area contributed by atoms with Crippen molar-refractivity contribution in [2.45, 2.75) is 25.8 Å². The number of ether oxygens (including phenoxy) is 1. The molecule has 0 saturated carbocycles. The third-order valence-electron chi connectivity index (χ3n) is 3.71. The molecule has 1 aromatic rings. The van der Waals surface area contributed by atoms with Gasteiger partial charge in [-0.2, -0.15) is 0 Å². The van der Waals surface area contributed by atoms with Gasteiger partial charge >= 0.3 is 0 Å². The van der Waals surface area contributed by atoms with Gasteiger partial charge in [0.2, 0.25) is 5.91 Å². The molecule has 124 valence electrons. The number of piperazine rings is 1. The van der Waals surface area contributed by atoms with Crippen LogP contribution in [-0.2, 0) is 9.53 Å². The van der Waals surface area contributed by atoms with E-state index in [-0.39, 0.29) is 24.4 Å². The van der Waals surface area contributed by atoms with Crippen LogP contribution in [0.5, 0.6) is 0 Å². The van der Waals surface area contributed by atoms with Gasteiger partial charge in [-0.05, 0) is 25.0 Å². The van der Waals surface area contributed by atoms with E-state index in [0.29, 0.717) is 19.6 Å². The van der Waals surface area contributed by atoms with Crippen LogP contribution in [0.25, 0.3) is 0 Å². The van der Waals surface area contributed by atoms with Crippen LogP contribution in [0.3, 0.4) is 0 Å². The molecule has 1 amide bonds. The Kier molecular flexibility index (Phi) is 8.79. The van der Waals surface area contributed by atoms with Gasteiger partial charge < -0.3 is 15.0 Å². The van der Waals surface area contributed by atoms with Gasteiger partial charge in [-0.3, -0.25) is 4.79 Å². The highest BCUT2D eigenvalue weighted by Gasteiger charge is 2.28. The van der Waals surface area contributed by atoms with E-state index < -0.39 is 0 Å². The molecule has 4 nitrogen and oxygen atoms in total. The van der Waals surface area contributed by atoms with Crippen LogP contribution in [0.2, 0.25) is 5.02 Å². The molecule has 0 bridgehead atoms. The van der Waals surface area contributed by atoms with Crippen LogP contribution in [-0.4, -0.2) is 43.7 Å². The minimum absolute atomic E-state index is 0. The van der Waals surface area contributed by atoms with E-state index in [1.54, 1.807) is 0 Å². The van der Waals surface area contributed by atoms with Crippen LogP contribution >= 0.6 is 24.0 Å². The molecule has 0 aromatic heterocycles. The molecular weight excluding hydrogens is 323 g/mol. The molecule has 22 heavy (non-hydrogen) atoms. The Bertz CT molecular complexity index is 471. The lowest BCUT2D eigenvalue weighted by Crippen LogP contribution is -2.48. The fourth-order valence-corrected chi connectivity index (χ4v) is 2.90. The Morgan fingerprint density at radius 3 is 2.95 bits per heavy atom. The lowest BCUT2D eigenvalue weighted by molar-refractivity contribution is -0.134. The zero-order chi connectivity index (χ0) is 15.1. The molecule has 0 aliphatic carbocycles. The van der Waals surface area contributed by atoms with Gasteiger partial charge in [0.25, 0.3) is 0 Å². The van der Waals surface area contributed by atoms with Crippen molar-refractivity contribution in [3.8, 4) is 0 Å². The lowest BCUT2D eigenvalue weighted by Gasteiger charge is -2.37. The minimum Gasteiger partial charge on any atom is -0.382 e. The Hall–Kier alpha value is -0.810. The van der Waals surface area contributed by atoms with Crippen molar-refractivity contribution in [1.82, 2.24) is 10.2 Å². The number of benzene rings is 1. The van der Waals surface area contributed by atoms with Crippen LogP contribution in [0.15, 0.2) is 24.3 Å². The van der Waals surface area contributed by atoms with Gasteiger partial charge in [-0.15, -0.1) is 12.4 Å². The highest BCUT2D eigenvalue weighted by atomic mass is 35.5. The van der Waals surface area contributed by atoms with E-state index in [0.717, 1.165) is 36.6 Å². The normalized spacial score (nSPS) is 17.9. The van der Waals surface area contributed by atoms with Crippen molar-refractivity contribution in [3.05, 3.63) is 34.9 Å². The smallest absolute Gasteiger partial charge is 0.223 e. The number of hydrogen-bond donors (Lipinski definition) is 1. The molecule has 1 aliphatic rings. The van der Waals surface area contributed by atoms with E-state index in [4.69, 9.17) is 16.3 Å². The van der Waals surface area contributed by atoms with E-state index >= 15 is 0 Å². The topological polar surface area (TPSA) is 41.6 Å². The second-order valence-corrected chi connectivity index (χ2v) is 5.54. The summed E-state index contributed by atoms with van der Waals surface area (Å²) in [4.78, 5) is 14.4. The Labute approximate surface area is 143 Å². The van der Waals surface area contributed by atoms with Gasteiger partial charge in [0, 0.05) is 44.3 Å².